The summed E-state index contributed by atoms with van der Waals surface area (Å²) in [5.74, 6) is -3.32. The van der Waals surface area contributed by atoms with Crippen LogP contribution in [0.2, 0.25) is 0 Å². The lowest BCUT2D eigenvalue weighted by Gasteiger charge is -2.40. The molecule has 1 saturated carbocycles. The number of aromatic nitrogens is 1. The summed E-state index contributed by atoms with van der Waals surface area (Å²) >= 11 is 0. The number of rotatable bonds is 12. The molecule has 1 saturated heterocycles. The van der Waals surface area contributed by atoms with Crippen LogP contribution in [-0.2, 0) is 29.0 Å². The van der Waals surface area contributed by atoms with Gasteiger partial charge in [0.15, 0.2) is 0 Å². The molecule has 2 aliphatic rings. The summed E-state index contributed by atoms with van der Waals surface area (Å²) in [5, 5.41) is 18.4. The second-order valence-corrected chi connectivity index (χ2v) is 15.1. The number of carbonyl (C=O) groups is 1. The Morgan fingerprint density at radius 1 is 1.02 bits per heavy atom. The van der Waals surface area contributed by atoms with Gasteiger partial charge in [0, 0.05) is 49.2 Å². The maximum absolute atomic E-state index is 13.4. The van der Waals surface area contributed by atoms with Crippen LogP contribution in [0.4, 0.5) is 18.9 Å². The van der Waals surface area contributed by atoms with Crippen molar-refractivity contribution in [2.24, 2.45) is 11.3 Å². The summed E-state index contributed by atoms with van der Waals surface area (Å²) in [6, 6.07) is 14.0. The molecule has 0 amide bonds. The van der Waals surface area contributed by atoms with Gasteiger partial charge in [0.25, 0.3) is 0 Å². The smallest absolute Gasteiger partial charge is 0.307 e. The molecule has 2 heterocycles. The molecule has 2 N–H and O–H groups in total. The number of piperidine rings is 1. The summed E-state index contributed by atoms with van der Waals surface area (Å²) in [6.07, 6.45) is 2.06. The molecule has 3 aromatic rings. The Balaban J connectivity index is 0.00000101. The normalized spacial score (nSPS) is 17.1. The molecule has 7 nitrogen and oxygen atoms in total. The summed E-state index contributed by atoms with van der Waals surface area (Å²) < 4.78 is 52.0. The second kappa shape index (κ2) is 15.9. The van der Waals surface area contributed by atoms with Crippen molar-refractivity contribution in [2.45, 2.75) is 98.2 Å². The highest BCUT2D eigenvalue weighted by Crippen LogP contribution is 2.44. The topological polar surface area (TPSA) is 92.1 Å². The molecule has 0 atom stereocenters. The minimum absolute atomic E-state index is 0.133. The molecule has 0 radical (unpaired) electrons. The molecule has 5 rings (SSSR count). The van der Waals surface area contributed by atoms with Crippen LogP contribution >= 0.6 is 0 Å². The predicted octanol–water partition coefficient (Wildman–Crippen LogP) is 8.41. The highest BCUT2D eigenvalue weighted by molar-refractivity contribution is 5.86. The first-order chi connectivity index (χ1) is 22.9. The zero-order valence-electron chi connectivity index (χ0n) is 29.6. The van der Waals surface area contributed by atoms with Crippen molar-refractivity contribution in [3.63, 3.8) is 0 Å². The zero-order valence-corrected chi connectivity index (χ0v) is 29.6. The van der Waals surface area contributed by atoms with Crippen LogP contribution in [0.3, 0.4) is 0 Å². The third kappa shape index (κ3) is 11.7. The number of ether oxygens (including phenoxy) is 2. The largest absolute Gasteiger partial charge is 0.493 e. The first kappa shape index (κ1) is 38.2. The zero-order chi connectivity index (χ0) is 36.0. The third-order valence-corrected chi connectivity index (χ3v) is 8.79. The van der Waals surface area contributed by atoms with Crippen molar-refractivity contribution in [1.82, 2.24) is 4.98 Å². The SMILES string of the molecule is CC(C)(C)O.Cc1nc(COCC2CC(F)(F)C2)c(-c2ccc(OCCc3ccc(F)cc3)cc2)c(N2CCC(C)(C)CC2)c1CC(=O)O. The maximum atomic E-state index is 13.4. The Morgan fingerprint density at radius 2 is 1.61 bits per heavy atom. The van der Waals surface area contributed by atoms with E-state index in [1.807, 2.05) is 31.2 Å². The molecule has 1 aliphatic carbocycles. The van der Waals surface area contributed by atoms with E-state index in [1.54, 1.807) is 32.9 Å². The maximum Gasteiger partial charge on any atom is 0.307 e. The number of hydrogen-bond acceptors (Lipinski definition) is 6. The Labute approximate surface area is 288 Å². The first-order valence-electron chi connectivity index (χ1n) is 17.0. The molecule has 0 spiro atoms. The Bertz CT molecular complexity index is 1530. The highest BCUT2D eigenvalue weighted by atomic mass is 19.3. The van der Waals surface area contributed by atoms with Gasteiger partial charge in [-0.15, -0.1) is 0 Å². The number of carboxylic acid groups (broad SMARTS) is 1. The molecule has 2 aromatic carbocycles. The molecule has 0 bridgehead atoms. The number of anilines is 1. The minimum atomic E-state index is -2.61. The predicted molar refractivity (Wildman–Crippen MR) is 186 cm³/mol. The number of pyridine rings is 1. The van der Waals surface area contributed by atoms with E-state index < -0.39 is 17.5 Å². The number of hydrogen-bond donors (Lipinski definition) is 2. The quantitative estimate of drug-likeness (QED) is 0.198. The van der Waals surface area contributed by atoms with Gasteiger partial charge in [-0.05, 0) is 87.3 Å². The molecule has 1 aliphatic heterocycles. The number of aliphatic carboxylic acids is 1. The Morgan fingerprint density at radius 3 is 2.16 bits per heavy atom. The molecule has 0 unspecified atom stereocenters. The molecular weight excluding hydrogens is 633 g/mol. The van der Waals surface area contributed by atoms with Crippen molar-refractivity contribution in [2.75, 3.05) is 31.2 Å². The van der Waals surface area contributed by atoms with E-state index in [4.69, 9.17) is 19.6 Å². The van der Waals surface area contributed by atoms with Crippen LogP contribution in [0.5, 0.6) is 5.75 Å². The van der Waals surface area contributed by atoms with Crippen LogP contribution < -0.4 is 9.64 Å². The van der Waals surface area contributed by atoms with Gasteiger partial charge >= 0.3 is 5.97 Å². The Hall–Kier alpha value is -3.63. The van der Waals surface area contributed by atoms with Crippen molar-refractivity contribution < 1.29 is 37.7 Å². The summed E-state index contributed by atoms with van der Waals surface area (Å²) in [7, 11) is 0. The minimum Gasteiger partial charge on any atom is -0.493 e. The highest BCUT2D eigenvalue weighted by Gasteiger charge is 2.45. The van der Waals surface area contributed by atoms with Crippen LogP contribution in [-0.4, -0.2) is 59.0 Å². The molecule has 10 heteroatoms. The van der Waals surface area contributed by atoms with Crippen LogP contribution in [0.1, 0.15) is 82.8 Å². The number of aliphatic hydroxyl groups is 1. The standard InChI is InChI=1S/C35H41F3N2O4.C4H10O/c1-23-29(18-31(41)42)33(40-15-13-34(2,3)14-16-40)32(30(39-23)22-43-21-25-19-35(37,38)20-25)26-6-10-28(11-7-26)44-17-12-24-4-8-27(36)9-5-24;1-4(2,3)5/h4-11,25H,12-22H2,1-3H3,(H,41,42);5H,1-3H3. The van der Waals surface area contributed by atoms with E-state index in [0.29, 0.717) is 35.7 Å². The van der Waals surface area contributed by atoms with E-state index in [0.717, 1.165) is 48.3 Å². The average molecular weight is 685 g/mol. The fraction of sp³-hybridized carbons (Fsp3) is 0.538. The molecule has 2 fully saturated rings. The lowest BCUT2D eigenvalue weighted by molar-refractivity contribution is -0.136. The number of nitrogens with zero attached hydrogens (tertiary/aromatic N) is 2. The van der Waals surface area contributed by atoms with Gasteiger partial charge in [-0.25, -0.2) is 13.2 Å². The van der Waals surface area contributed by atoms with Gasteiger partial charge in [0.2, 0.25) is 5.92 Å². The summed E-state index contributed by atoms with van der Waals surface area (Å²) in [4.78, 5) is 19.1. The van der Waals surface area contributed by atoms with Crippen molar-refractivity contribution in [3.05, 3.63) is 76.9 Å². The molecule has 49 heavy (non-hydrogen) atoms. The summed E-state index contributed by atoms with van der Waals surface area (Å²) in [6.45, 7) is 13.9. The monoisotopic (exact) mass is 684 g/mol. The van der Waals surface area contributed by atoms with Gasteiger partial charge in [-0.3, -0.25) is 9.78 Å². The molecule has 1 aromatic heterocycles. The second-order valence-electron chi connectivity index (χ2n) is 15.1. The van der Waals surface area contributed by atoms with Gasteiger partial charge in [-0.2, -0.15) is 0 Å². The number of benzene rings is 2. The number of aryl methyl sites for hydroxylation is 1. The van der Waals surface area contributed by atoms with E-state index >= 15 is 0 Å². The first-order valence-corrected chi connectivity index (χ1v) is 17.0. The van der Waals surface area contributed by atoms with Crippen molar-refractivity contribution in [1.29, 1.82) is 0 Å². The van der Waals surface area contributed by atoms with Gasteiger partial charge < -0.3 is 24.6 Å². The average Bonchev–Trinajstić information content (AvgIpc) is 2.98. The van der Waals surface area contributed by atoms with Gasteiger partial charge in [0.1, 0.15) is 11.6 Å². The fourth-order valence-electron chi connectivity index (χ4n) is 6.12. The van der Waals surface area contributed by atoms with Gasteiger partial charge in [-0.1, -0.05) is 38.1 Å². The van der Waals surface area contributed by atoms with E-state index in [9.17, 15) is 23.1 Å². The van der Waals surface area contributed by atoms with Crippen LogP contribution in [0, 0.1) is 24.1 Å². The van der Waals surface area contributed by atoms with E-state index in [2.05, 4.69) is 18.7 Å². The summed E-state index contributed by atoms with van der Waals surface area (Å²) in [5.41, 5.74) is 5.15. The van der Waals surface area contributed by atoms with E-state index in [1.165, 1.54) is 12.1 Å². The number of alkyl halides is 2. The van der Waals surface area contributed by atoms with E-state index in [-0.39, 0.29) is 49.6 Å². The molecular formula is C39H51F3N2O5. The number of halogens is 3. The third-order valence-electron chi connectivity index (χ3n) is 8.79. The Kier molecular flexibility index (Phi) is 12.4. The van der Waals surface area contributed by atoms with Crippen LogP contribution in [0.25, 0.3) is 11.1 Å². The van der Waals surface area contributed by atoms with Crippen molar-refractivity contribution in [3.8, 4) is 16.9 Å². The van der Waals surface area contributed by atoms with Gasteiger partial charge in [0.05, 0.1) is 43.2 Å². The lowest BCUT2D eigenvalue weighted by Crippen LogP contribution is -2.38. The lowest BCUT2D eigenvalue weighted by atomic mass is 9.82. The molecule has 268 valence electrons. The van der Waals surface area contributed by atoms with Crippen LogP contribution in [0.15, 0.2) is 48.5 Å². The van der Waals surface area contributed by atoms with Crippen molar-refractivity contribution >= 4 is 11.7 Å². The fourth-order valence-corrected chi connectivity index (χ4v) is 6.12. The number of carboxylic acids is 1.